The molecule has 0 aliphatic heterocycles. The fourth-order valence-electron chi connectivity index (χ4n) is 7.59. The molecule has 274 valence electrons. The third kappa shape index (κ3) is 6.72. The number of carbonyl (C=O) groups is 7. The molecule has 0 radical (unpaired) electrons. The molecule has 15 nitrogen and oxygen atoms in total. The average Bonchev–Trinajstić information content (AvgIpc) is 2.98. The largest absolute Gasteiger partial charge is 0.507 e. The van der Waals surface area contributed by atoms with Crippen molar-refractivity contribution in [3.63, 3.8) is 0 Å². The van der Waals surface area contributed by atoms with Crippen molar-refractivity contribution < 1.29 is 53.2 Å². The second kappa shape index (κ2) is 13.7. The SMILES string of the molecule is CC(C)C(=O)OCOC(=O)N(Cc1cc(N(C)C)c2c(c1O)C(=O)C1C(=O)[C@]3(O)C(=O)C(C(N)=O)C(=O)[C@@H](N(C)C)[C@@H]3C[C@@H]1C2)CC(C)(C)C. The monoisotopic (exact) mass is 700 g/mol. The number of fused-ring (bicyclic) bond motifs is 3. The summed E-state index contributed by atoms with van der Waals surface area (Å²) in [5.41, 5.74) is 3.03. The van der Waals surface area contributed by atoms with Gasteiger partial charge in [0, 0.05) is 37.8 Å². The Hall–Kier alpha value is -4.37. The van der Waals surface area contributed by atoms with E-state index in [1.807, 2.05) is 20.8 Å². The zero-order valence-electron chi connectivity index (χ0n) is 30.1. The van der Waals surface area contributed by atoms with Crippen LogP contribution in [-0.4, -0.2) is 114 Å². The maximum Gasteiger partial charge on any atom is 0.412 e. The number of aliphatic hydroxyl groups is 1. The number of hydrogen-bond donors (Lipinski definition) is 3. The van der Waals surface area contributed by atoms with Gasteiger partial charge in [-0.1, -0.05) is 34.6 Å². The summed E-state index contributed by atoms with van der Waals surface area (Å²) in [5.74, 6) is -12.6. The molecule has 0 heterocycles. The van der Waals surface area contributed by atoms with Crippen LogP contribution in [0.2, 0.25) is 0 Å². The molecule has 1 aromatic rings. The molecule has 0 aromatic heterocycles. The number of Topliss-reactive ketones (excluding diaryl/α,β-unsaturated/α-hetero) is 4. The van der Waals surface area contributed by atoms with Gasteiger partial charge in [-0.3, -0.25) is 33.7 Å². The summed E-state index contributed by atoms with van der Waals surface area (Å²) in [4.78, 5) is 97.4. The zero-order chi connectivity index (χ0) is 37.8. The first-order chi connectivity index (χ1) is 23.0. The Morgan fingerprint density at radius 2 is 1.66 bits per heavy atom. The van der Waals surface area contributed by atoms with Gasteiger partial charge in [-0.05, 0) is 49.9 Å². The van der Waals surface area contributed by atoms with E-state index in [9.17, 15) is 43.8 Å². The van der Waals surface area contributed by atoms with Gasteiger partial charge in [-0.15, -0.1) is 0 Å². The highest BCUT2D eigenvalue weighted by Crippen LogP contribution is 2.52. The molecule has 2 fully saturated rings. The van der Waals surface area contributed by atoms with Crippen LogP contribution in [0.25, 0.3) is 0 Å². The number of aromatic hydroxyl groups is 1. The number of rotatable bonds is 9. The number of primary amides is 1. The molecule has 15 heteroatoms. The molecule has 0 bridgehead atoms. The maximum atomic E-state index is 14.4. The van der Waals surface area contributed by atoms with E-state index in [-0.39, 0.29) is 37.1 Å². The van der Waals surface area contributed by atoms with Crippen LogP contribution in [0.15, 0.2) is 6.07 Å². The highest BCUT2D eigenvalue weighted by atomic mass is 16.7. The molecule has 2 saturated carbocycles. The van der Waals surface area contributed by atoms with Crippen molar-refractivity contribution >= 4 is 46.8 Å². The Bertz CT molecular complexity index is 1630. The fraction of sp³-hybridized carbons (Fsp3) is 0.629. The minimum absolute atomic E-state index is 0.0775. The van der Waals surface area contributed by atoms with Crippen molar-refractivity contribution in [2.75, 3.05) is 46.4 Å². The molecule has 2 amide bonds. The molecule has 1 aromatic carbocycles. The number of ketones is 4. The Morgan fingerprint density at radius 1 is 1.04 bits per heavy atom. The first kappa shape index (κ1) is 38.4. The first-order valence-corrected chi connectivity index (χ1v) is 16.5. The number of phenols is 1. The molecule has 50 heavy (non-hydrogen) atoms. The number of nitrogens with two attached hydrogens (primary N) is 1. The second-order valence-electron chi connectivity index (χ2n) is 15.5. The summed E-state index contributed by atoms with van der Waals surface area (Å²) in [6.07, 6.45) is -0.833. The van der Waals surface area contributed by atoms with Crippen LogP contribution < -0.4 is 10.6 Å². The summed E-state index contributed by atoms with van der Waals surface area (Å²) in [7, 11) is 6.50. The Morgan fingerprint density at radius 3 is 2.18 bits per heavy atom. The van der Waals surface area contributed by atoms with Crippen LogP contribution in [0, 0.1) is 35.0 Å². The van der Waals surface area contributed by atoms with E-state index >= 15 is 0 Å². The van der Waals surface area contributed by atoms with Gasteiger partial charge in [0.15, 0.2) is 34.7 Å². The number of esters is 1. The highest BCUT2D eigenvalue weighted by Gasteiger charge is 2.69. The van der Waals surface area contributed by atoms with E-state index in [0.717, 1.165) is 0 Å². The van der Waals surface area contributed by atoms with Crippen molar-refractivity contribution in [2.45, 2.75) is 65.6 Å². The molecule has 4 rings (SSSR count). The van der Waals surface area contributed by atoms with Crippen molar-refractivity contribution in [1.82, 2.24) is 9.80 Å². The number of hydrogen-bond acceptors (Lipinski definition) is 13. The standard InChI is InChI=1S/C35H48N4O11/c1-16(2)32(46)49-15-50-33(47)39(14-34(3,4)5)13-18-12-21(37(6)7)19-10-17-11-20-25(38(8)9)28(42)24(31(36)45)30(44)35(20,48)29(43)22(17)27(41)23(19)26(18)40/h12,16-17,20,22,24-25,40,48H,10-11,13-15H2,1-9H3,(H2,36,45)/t17-,20-,22?,24?,25-,35-/m0/s1. The van der Waals surface area contributed by atoms with Crippen LogP contribution in [0.1, 0.15) is 62.5 Å². The molecule has 3 aliphatic rings. The Balaban J connectivity index is 1.78. The maximum absolute atomic E-state index is 14.4. The highest BCUT2D eigenvalue weighted by molar-refractivity contribution is 6.32. The number of anilines is 1. The third-order valence-electron chi connectivity index (χ3n) is 9.74. The third-order valence-corrected chi connectivity index (χ3v) is 9.74. The smallest absolute Gasteiger partial charge is 0.412 e. The van der Waals surface area contributed by atoms with Gasteiger partial charge in [0.05, 0.1) is 30.0 Å². The minimum Gasteiger partial charge on any atom is -0.507 e. The quantitative estimate of drug-likeness (QED) is 0.187. The molecule has 2 unspecified atom stereocenters. The van der Waals surface area contributed by atoms with Crippen LogP contribution in [0.3, 0.4) is 0 Å². The number of nitrogens with zero attached hydrogens (tertiary/aromatic N) is 3. The van der Waals surface area contributed by atoms with Crippen molar-refractivity contribution in [2.24, 2.45) is 40.7 Å². The lowest BCUT2D eigenvalue weighted by Crippen LogP contribution is -2.74. The van der Waals surface area contributed by atoms with Crippen molar-refractivity contribution in [3.8, 4) is 5.75 Å². The lowest BCUT2D eigenvalue weighted by Gasteiger charge is -2.52. The number of benzene rings is 1. The van der Waals surface area contributed by atoms with Gasteiger partial charge in [-0.25, -0.2) is 4.79 Å². The number of likely N-dealkylation sites (N-methyl/N-ethyl adjacent to an activating group) is 1. The van der Waals surface area contributed by atoms with Gasteiger partial charge >= 0.3 is 12.1 Å². The summed E-state index contributed by atoms with van der Waals surface area (Å²) < 4.78 is 10.2. The molecule has 0 spiro atoms. The summed E-state index contributed by atoms with van der Waals surface area (Å²) in [6, 6.07) is 0.432. The summed E-state index contributed by atoms with van der Waals surface area (Å²) in [6.45, 7) is 8.18. The van der Waals surface area contributed by atoms with Crippen LogP contribution in [0.5, 0.6) is 5.75 Å². The van der Waals surface area contributed by atoms with Gasteiger partial charge in [0.2, 0.25) is 12.7 Å². The van der Waals surface area contributed by atoms with E-state index < -0.39 is 100 Å². The van der Waals surface area contributed by atoms with Crippen LogP contribution in [0.4, 0.5) is 10.5 Å². The molecular weight excluding hydrogens is 652 g/mol. The van der Waals surface area contributed by atoms with E-state index in [2.05, 4.69) is 0 Å². The Labute approximate surface area is 291 Å². The zero-order valence-corrected chi connectivity index (χ0v) is 30.1. The van der Waals surface area contributed by atoms with Crippen LogP contribution >= 0.6 is 0 Å². The molecule has 3 aliphatic carbocycles. The summed E-state index contributed by atoms with van der Waals surface area (Å²) >= 11 is 0. The lowest BCUT2D eigenvalue weighted by atomic mass is 9.52. The molecular formula is C35H48N4O11. The van der Waals surface area contributed by atoms with Gasteiger partial charge < -0.3 is 35.2 Å². The van der Waals surface area contributed by atoms with Gasteiger partial charge in [0.1, 0.15) is 5.75 Å². The molecule has 0 saturated heterocycles. The lowest BCUT2D eigenvalue weighted by molar-refractivity contribution is -0.181. The number of phenolic OH excluding ortho intramolecular Hbond substituents is 1. The number of ether oxygens (including phenoxy) is 2. The number of carbonyl (C=O) groups excluding carboxylic acids is 7. The minimum atomic E-state index is -2.85. The van der Waals surface area contributed by atoms with E-state index in [1.54, 1.807) is 38.9 Å². The molecule has 4 N–H and O–H groups in total. The van der Waals surface area contributed by atoms with E-state index in [4.69, 9.17) is 15.2 Å². The normalized spacial score (nSPS) is 26.3. The van der Waals surface area contributed by atoms with Gasteiger partial charge in [0.25, 0.3) is 0 Å². The van der Waals surface area contributed by atoms with Crippen molar-refractivity contribution in [1.29, 1.82) is 0 Å². The predicted octanol–water partition coefficient (Wildman–Crippen LogP) is 1.07. The van der Waals surface area contributed by atoms with Crippen molar-refractivity contribution in [3.05, 3.63) is 22.8 Å². The first-order valence-electron chi connectivity index (χ1n) is 16.5. The predicted molar refractivity (Wildman–Crippen MR) is 178 cm³/mol. The van der Waals surface area contributed by atoms with Crippen LogP contribution in [-0.2, 0) is 46.4 Å². The molecule has 6 atom stereocenters. The Kier molecular flexibility index (Phi) is 10.6. The topological polar surface area (TPSA) is 214 Å². The average molecular weight is 701 g/mol. The van der Waals surface area contributed by atoms with E-state index in [1.165, 1.54) is 23.9 Å². The van der Waals surface area contributed by atoms with Gasteiger partial charge in [-0.2, -0.15) is 0 Å². The van der Waals surface area contributed by atoms with E-state index in [0.29, 0.717) is 11.3 Å². The second-order valence-corrected chi connectivity index (χ2v) is 15.5. The number of amides is 2. The fourth-order valence-corrected chi connectivity index (χ4v) is 7.59. The summed E-state index contributed by atoms with van der Waals surface area (Å²) in [5, 5.41) is 23.6.